The number of carbonyl (C=O) groups is 1. The Morgan fingerprint density at radius 3 is 1.95 bits per heavy atom. The van der Waals surface area contributed by atoms with Crippen molar-refractivity contribution in [2.75, 3.05) is 6.61 Å². The molecule has 0 radical (unpaired) electrons. The maximum absolute atomic E-state index is 10.5. The van der Waals surface area contributed by atoms with Gasteiger partial charge >= 0.3 is 5.97 Å². The first kappa shape index (κ1) is 18.2. The van der Waals surface area contributed by atoms with Crippen LogP contribution >= 0.6 is 0 Å². The van der Waals surface area contributed by atoms with Gasteiger partial charge in [0, 0.05) is 6.92 Å². The molecule has 0 saturated heterocycles. The molecule has 0 atom stereocenters. The number of ether oxygens (including phenoxy) is 1. The molecule has 19 heavy (non-hydrogen) atoms. The van der Waals surface area contributed by atoms with Crippen molar-refractivity contribution in [2.45, 2.75) is 84.5 Å². The number of carbonyl (C=O) groups excluding carboxylic acids is 1. The Labute approximate surface area is 119 Å². The fourth-order valence-electron chi connectivity index (χ4n) is 2.02. The highest BCUT2D eigenvalue weighted by Gasteiger charge is 1.94. The lowest BCUT2D eigenvalue weighted by Gasteiger charge is -2.02. The normalized spacial score (nSPS) is 11.1. The summed E-state index contributed by atoms with van der Waals surface area (Å²) in [6, 6.07) is 0. The third-order valence-electron chi connectivity index (χ3n) is 3.21. The summed E-state index contributed by atoms with van der Waals surface area (Å²) in [5.41, 5.74) is 0. The maximum Gasteiger partial charge on any atom is 0.302 e. The molecular formula is C17H32O2. The van der Waals surface area contributed by atoms with Crippen LogP contribution in [0.5, 0.6) is 0 Å². The van der Waals surface area contributed by atoms with Crippen LogP contribution in [0.1, 0.15) is 84.5 Å². The summed E-state index contributed by atoms with van der Waals surface area (Å²) in [5.74, 6) is -0.160. The molecule has 0 bridgehead atoms. The number of hydrogen-bond donors (Lipinski definition) is 0. The van der Waals surface area contributed by atoms with Gasteiger partial charge in [-0.05, 0) is 25.7 Å². The monoisotopic (exact) mass is 268 g/mol. The fourth-order valence-corrected chi connectivity index (χ4v) is 2.02. The predicted molar refractivity (Wildman–Crippen MR) is 82.2 cm³/mol. The van der Waals surface area contributed by atoms with Gasteiger partial charge in [-0.15, -0.1) is 0 Å². The molecule has 0 heterocycles. The fraction of sp³-hybridized carbons (Fsp3) is 0.824. The van der Waals surface area contributed by atoms with Gasteiger partial charge in [-0.25, -0.2) is 0 Å². The predicted octanol–water partition coefficient (Wildman–Crippen LogP) is 5.42. The standard InChI is InChI=1S/C17H32O2/c1-3-4-5-6-7-8-9-10-11-12-13-14-15-16-19-17(2)18/h6-7H,3-5,8-16H2,1-2H3/b7-6-. The van der Waals surface area contributed by atoms with E-state index in [1.165, 1.54) is 71.1 Å². The van der Waals surface area contributed by atoms with Gasteiger partial charge in [0.25, 0.3) is 0 Å². The van der Waals surface area contributed by atoms with Crippen molar-refractivity contribution >= 4 is 5.97 Å². The minimum Gasteiger partial charge on any atom is -0.466 e. The second kappa shape index (κ2) is 15.3. The molecule has 0 aromatic carbocycles. The highest BCUT2D eigenvalue weighted by molar-refractivity contribution is 5.65. The zero-order valence-electron chi connectivity index (χ0n) is 13.0. The molecule has 0 spiro atoms. The molecule has 0 aromatic heterocycles. The Balaban J connectivity index is 3.02. The summed E-state index contributed by atoms with van der Waals surface area (Å²) in [6.45, 7) is 4.30. The molecule has 0 unspecified atom stereocenters. The molecule has 0 rings (SSSR count). The third-order valence-corrected chi connectivity index (χ3v) is 3.21. The van der Waals surface area contributed by atoms with Crippen molar-refractivity contribution in [3.8, 4) is 0 Å². The Morgan fingerprint density at radius 1 is 0.842 bits per heavy atom. The van der Waals surface area contributed by atoms with Gasteiger partial charge in [0.1, 0.15) is 0 Å². The summed E-state index contributed by atoms with van der Waals surface area (Å²) in [4.78, 5) is 10.5. The SMILES string of the molecule is CCCC/C=C\CCCCCCCCCOC(C)=O. The van der Waals surface area contributed by atoms with Crippen LogP contribution in [-0.4, -0.2) is 12.6 Å². The van der Waals surface area contributed by atoms with E-state index in [9.17, 15) is 4.79 Å². The molecule has 2 heteroatoms. The average molecular weight is 268 g/mol. The highest BCUT2D eigenvalue weighted by Crippen LogP contribution is 2.09. The zero-order valence-corrected chi connectivity index (χ0v) is 13.0. The van der Waals surface area contributed by atoms with Crippen molar-refractivity contribution in [1.82, 2.24) is 0 Å². The van der Waals surface area contributed by atoms with E-state index in [1.54, 1.807) is 0 Å². The molecule has 0 fully saturated rings. The van der Waals surface area contributed by atoms with Crippen LogP contribution in [0.2, 0.25) is 0 Å². The summed E-state index contributed by atoms with van der Waals surface area (Å²) in [6.07, 6.45) is 18.6. The average Bonchev–Trinajstić information content (AvgIpc) is 2.39. The largest absolute Gasteiger partial charge is 0.466 e. The second-order valence-electron chi connectivity index (χ2n) is 5.22. The Kier molecular flexibility index (Phi) is 14.6. The third kappa shape index (κ3) is 17.2. The van der Waals surface area contributed by atoms with E-state index in [2.05, 4.69) is 19.1 Å². The van der Waals surface area contributed by atoms with Crippen LogP contribution in [-0.2, 0) is 9.53 Å². The van der Waals surface area contributed by atoms with Gasteiger partial charge in [-0.3, -0.25) is 4.79 Å². The van der Waals surface area contributed by atoms with E-state index >= 15 is 0 Å². The first-order valence-electron chi connectivity index (χ1n) is 8.05. The summed E-state index contributed by atoms with van der Waals surface area (Å²) in [5, 5.41) is 0. The van der Waals surface area contributed by atoms with Gasteiger partial charge in [0.15, 0.2) is 0 Å². The van der Waals surface area contributed by atoms with Crippen LogP contribution in [0.15, 0.2) is 12.2 Å². The van der Waals surface area contributed by atoms with Crippen molar-refractivity contribution in [1.29, 1.82) is 0 Å². The molecule has 0 amide bonds. The summed E-state index contributed by atoms with van der Waals surface area (Å²) < 4.78 is 4.90. The molecule has 2 nitrogen and oxygen atoms in total. The Hall–Kier alpha value is -0.790. The lowest BCUT2D eigenvalue weighted by molar-refractivity contribution is -0.141. The van der Waals surface area contributed by atoms with Crippen molar-refractivity contribution in [3.05, 3.63) is 12.2 Å². The zero-order chi connectivity index (χ0) is 14.2. The molecule has 112 valence electrons. The lowest BCUT2D eigenvalue weighted by Crippen LogP contribution is -1.99. The molecule has 0 aliphatic heterocycles. The van der Waals surface area contributed by atoms with Crippen molar-refractivity contribution in [2.24, 2.45) is 0 Å². The minimum absolute atomic E-state index is 0.160. The van der Waals surface area contributed by atoms with Crippen LogP contribution in [0.25, 0.3) is 0 Å². The molecule has 0 aliphatic rings. The van der Waals surface area contributed by atoms with Crippen LogP contribution in [0, 0.1) is 0 Å². The van der Waals surface area contributed by atoms with Crippen LogP contribution in [0.3, 0.4) is 0 Å². The Morgan fingerprint density at radius 2 is 1.37 bits per heavy atom. The van der Waals surface area contributed by atoms with Gasteiger partial charge in [0.2, 0.25) is 0 Å². The van der Waals surface area contributed by atoms with E-state index < -0.39 is 0 Å². The van der Waals surface area contributed by atoms with Gasteiger partial charge in [-0.2, -0.15) is 0 Å². The van der Waals surface area contributed by atoms with Crippen molar-refractivity contribution < 1.29 is 9.53 Å². The summed E-state index contributed by atoms with van der Waals surface area (Å²) in [7, 11) is 0. The van der Waals surface area contributed by atoms with Gasteiger partial charge in [-0.1, -0.05) is 64.0 Å². The molecule has 0 aromatic rings. The van der Waals surface area contributed by atoms with E-state index in [-0.39, 0.29) is 5.97 Å². The number of esters is 1. The molecular weight excluding hydrogens is 236 g/mol. The molecule has 0 N–H and O–H groups in total. The first-order chi connectivity index (χ1) is 9.27. The molecule has 0 aliphatic carbocycles. The topological polar surface area (TPSA) is 26.3 Å². The van der Waals surface area contributed by atoms with Crippen LogP contribution < -0.4 is 0 Å². The van der Waals surface area contributed by atoms with Gasteiger partial charge < -0.3 is 4.74 Å². The van der Waals surface area contributed by atoms with E-state index in [1.807, 2.05) is 0 Å². The highest BCUT2D eigenvalue weighted by atomic mass is 16.5. The number of allylic oxidation sites excluding steroid dienone is 2. The first-order valence-corrected chi connectivity index (χ1v) is 8.05. The Bertz CT molecular complexity index is 221. The molecule has 0 saturated carbocycles. The lowest BCUT2D eigenvalue weighted by atomic mass is 10.1. The number of hydrogen-bond acceptors (Lipinski definition) is 2. The van der Waals surface area contributed by atoms with Crippen molar-refractivity contribution in [3.63, 3.8) is 0 Å². The number of unbranched alkanes of at least 4 members (excludes halogenated alkanes) is 9. The minimum atomic E-state index is -0.160. The van der Waals surface area contributed by atoms with E-state index in [0.717, 1.165) is 6.42 Å². The van der Waals surface area contributed by atoms with Crippen LogP contribution in [0.4, 0.5) is 0 Å². The van der Waals surface area contributed by atoms with E-state index in [0.29, 0.717) is 6.61 Å². The second-order valence-corrected chi connectivity index (χ2v) is 5.22. The smallest absolute Gasteiger partial charge is 0.302 e. The quantitative estimate of drug-likeness (QED) is 0.253. The van der Waals surface area contributed by atoms with Gasteiger partial charge in [0.05, 0.1) is 6.61 Å². The van der Waals surface area contributed by atoms with E-state index in [4.69, 9.17) is 4.74 Å². The number of rotatable bonds is 13. The summed E-state index contributed by atoms with van der Waals surface area (Å²) >= 11 is 0. The maximum atomic E-state index is 10.5.